The molecule has 0 bridgehead atoms. The highest BCUT2D eigenvalue weighted by Gasteiger charge is 2.28. The zero-order valence-corrected chi connectivity index (χ0v) is 20.1. The fourth-order valence-corrected chi connectivity index (χ4v) is 5.90. The molecular weight excluding hydrogens is 447 g/mol. The second-order valence-corrected chi connectivity index (χ2v) is 10.2. The third kappa shape index (κ3) is 5.50. The van der Waals surface area contributed by atoms with Gasteiger partial charge in [0, 0.05) is 43.4 Å². The van der Waals surface area contributed by atoms with Crippen LogP contribution in [0.5, 0.6) is 11.5 Å². The van der Waals surface area contributed by atoms with Crippen molar-refractivity contribution >= 4 is 17.4 Å². The van der Waals surface area contributed by atoms with Crippen LogP contribution in [0.2, 0.25) is 0 Å². The van der Waals surface area contributed by atoms with Gasteiger partial charge in [0.1, 0.15) is 23.9 Å². The van der Waals surface area contributed by atoms with Crippen LogP contribution in [0.25, 0.3) is 0 Å². The summed E-state index contributed by atoms with van der Waals surface area (Å²) in [5.74, 6) is 3.41. The van der Waals surface area contributed by atoms with Crippen LogP contribution >= 0.6 is 11.8 Å². The molecule has 4 nitrogen and oxygen atoms in total. The Balaban J connectivity index is 1.29. The summed E-state index contributed by atoms with van der Waals surface area (Å²) in [6.45, 7) is 4.81. The van der Waals surface area contributed by atoms with Gasteiger partial charge in [-0.05, 0) is 78.1 Å². The minimum atomic E-state index is -0.225. The van der Waals surface area contributed by atoms with E-state index in [1.54, 1.807) is 6.07 Å². The Morgan fingerprint density at radius 3 is 2.47 bits per heavy atom. The molecule has 0 aliphatic carbocycles. The number of anilines is 1. The van der Waals surface area contributed by atoms with E-state index in [9.17, 15) is 9.50 Å². The maximum atomic E-state index is 13.6. The summed E-state index contributed by atoms with van der Waals surface area (Å²) in [7, 11) is 0. The van der Waals surface area contributed by atoms with E-state index < -0.39 is 0 Å². The minimum Gasteiger partial charge on any atom is -0.508 e. The van der Waals surface area contributed by atoms with Crippen LogP contribution in [0.4, 0.5) is 10.1 Å². The van der Waals surface area contributed by atoms with E-state index in [4.69, 9.17) is 4.74 Å². The molecule has 1 fully saturated rings. The highest BCUT2D eigenvalue weighted by atomic mass is 32.2. The van der Waals surface area contributed by atoms with E-state index >= 15 is 0 Å². The van der Waals surface area contributed by atoms with Crippen LogP contribution in [0.1, 0.15) is 22.7 Å². The van der Waals surface area contributed by atoms with Gasteiger partial charge in [-0.3, -0.25) is 4.90 Å². The molecule has 5 rings (SSSR count). The Bertz CT molecular complexity index is 1080. The summed E-state index contributed by atoms with van der Waals surface area (Å²) in [5, 5.41) is 9.99. The lowest BCUT2D eigenvalue weighted by atomic mass is 9.88. The molecule has 1 unspecified atom stereocenters. The highest BCUT2D eigenvalue weighted by Crippen LogP contribution is 2.37. The number of rotatable bonds is 7. The summed E-state index contributed by atoms with van der Waals surface area (Å²) < 4.78 is 19.6. The number of hydrogen-bond donors (Lipinski definition) is 1. The predicted molar refractivity (Wildman–Crippen MR) is 138 cm³/mol. The first-order chi connectivity index (χ1) is 16.7. The second-order valence-electron chi connectivity index (χ2n) is 8.97. The first-order valence-corrected chi connectivity index (χ1v) is 13.2. The van der Waals surface area contributed by atoms with Crippen LogP contribution in [-0.4, -0.2) is 54.3 Å². The fourth-order valence-electron chi connectivity index (χ4n) is 4.92. The summed E-state index contributed by atoms with van der Waals surface area (Å²) in [4.78, 5) is 4.81. The average molecular weight is 479 g/mol. The van der Waals surface area contributed by atoms with E-state index in [1.807, 2.05) is 36.0 Å². The molecule has 6 heteroatoms. The van der Waals surface area contributed by atoms with Gasteiger partial charge >= 0.3 is 0 Å². The molecule has 1 atom stereocenters. The Labute approximate surface area is 205 Å². The Morgan fingerprint density at radius 2 is 1.71 bits per heavy atom. The molecular formula is C28H31FN2O2S. The van der Waals surface area contributed by atoms with Crippen molar-refractivity contribution in [1.29, 1.82) is 0 Å². The SMILES string of the molecule is Oc1ccc2c(c1)CCN(c1ccc(F)cc1)C2Cc1ccc(OCCN2CCSCC2)cc1. The fraction of sp³-hybridized carbons (Fsp3) is 0.357. The predicted octanol–water partition coefficient (Wildman–Crippen LogP) is 5.31. The second kappa shape index (κ2) is 10.7. The molecule has 3 aromatic carbocycles. The van der Waals surface area contributed by atoms with Crippen molar-refractivity contribution in [2.45, 2.75) is 18.9 Å². The highest BCUT2D eigenvalue weighted by molar-refractivity contribution is 7.99. The lowest BCUT2D eigenvalue weighted by molar-refractivity contribution is 0.222. The quantitative estimate of drug-likeness (QED) is 0.498. The van der Waals surface area contributed by atoms with E-state index in [1.165, 1.54) is 40.3 Å². The molecule has 0 aromatic heterocycles. The van der Waals surface area contributed by atoms with E-state index in [2.05, 4.69) is 34.1 Å². The van der Waals surface area contributed by atoms with Gasteiger partial charge in [-0.2, -0.15) is 11.8 Å². The van der Waals surface area contributed by atoms with Gasteiger partial charge in [0.25, 0.3) is 0 Å². The molecule has 2 aliphatic heterocycles. The smallest absolute Gasteiger partial charge is 0.123 e. The molecule has 0 saturated carbocycles. The molecule has 2 heterocycles. The first-order valence-electron chi connectivity index (χ1n) is 12.0. The van der Waals surface area contributed by atoms with Crippen molar-refractivity contribution in [2.24, 2.45) is 0 Å². The molecule has 2 aliphatic rings. The molecule has 3 aromatic rings. The standard InChI is InChI=1S/C28H31FN2O2S/c29-23-3-5-24(6-4-23)31-12-11-22-20-25(32)7-10-27(22)28(31)19-21-1-8-26(9-2-21)33-16-13-30-14-17-34-18-15-30/h1-10,20,28,32H,11-19H2. The summed E-state index contributed by atoms with van der Waals surface area (Å²) in [6, 6.07) is 20.9. The number of hydrogen-bond acceptors (Lipinski definition) is 5. The number of halogens is 1. The third-order valence-electron chi connectivity index (χ3n) is 6.77. The maximum absolute atomic E-state index is 13.6. The number of aromatic hydroxyl groups is 1. The Morgan fingerprint density at radius 1 is 0.941 bits per heavy atom. The van der Waals surface area contributed by atoms with Crippen molar-refractivity contribution in [3.63, 3.8) is 0 Å². The first kappa shape index (κ1) is 23.1. The zero-order valence-electron chi connectivity index (χ0n) is 19.3. The summed E-state index contributed by atoms with van der Waals surface area (Å²) in [5.41, 5.74) is 4.63. The van der Waals surface area contributed by atoms with Crippen LogP contribution in [0.3, 0.4) is 0 Å². The number of nitrogens with zero attached hydrogens (tertiary/aromatic N) is 2. The normalized spacial score (nSPS) is 18.5. The number of benzene rings is 3. The number of fused-ring (bicyclic) bond motifs is 1. The maximum Gasteiger partial charge on any atom is 0.123 e. The minimum absolute atomic E-state index is 0.110. The van der Waals surface area contributed by atoms with Crippen molar-refractivity contribution < 1.29 is 14.2 Å². The molecule has 0 amide bonds. The molecule has 0 radical (unpaired) electrons. The number of phenolic OH excluding ortho intramolecular Hbond substituents is 1. The van der Waals surface area contributed by atoms with Crippen molar-refractivity contribution in [1.82, 2.24) is 4.90 Å². The molecule has 34 heavy (non-hydrogen) atoms. The molecule has 178 valence electrons. The zero-order chi connectivity index (χ0) is 23.3. The van der Waals surface area contributed by atoms with Gasteiger partial charge in [0.15, 0.2) is 0 Å². The van der Waals surface area contributed by atoms with Gasteiger partial charge < -0.3 is 14.7 Å². The monoisotopic (exact) mass is 478 g/mol. The van der Waals surface area contributed by atoms with Gasteiger partial charge in [0.2, 0.25) is 0 Å². The third-order valence-corrected chi connectivity index (χ3v) is 7.72. The van der Waals surface area contributed by atoms with E-state index in [-0.39, 0.29) is 11.9 Å². The van der Waals surface area contributed by atoms with Crippen molar-refractivity contribution in [3.8, 4) is 11.5 Å². The van der Waals surface area contributed by atoms with Crippen LogP contribution in [0.15, 0.2) is 66.7 Å². The Kier molecular flexibility index (Phi) is 7.26. The van der Waals surface area contributed by atoms with Gasteiger partial charge in [-0.15, -0.1) is 0 Å². The van der Waals surface area contributed by atoms with Crippen molar-refractivity contribution in [3.05, 3.63) is 89.2 Å². The summed E-state index contributed by atoms with van der Waals surface area (Å²) >= 11 is 2.02. The Hall–Kier alpha value is -2.70. The summed E-state index contributed by atoms with van der Waals surface area (Å²) in [6.07, 6.45) is 1.67. The van der Waals surface area contributed by atoms with Crippen LogP contribution in [0, 0.1) is 5.82 Å². The van der Waals surface area contributed by atoms with Gasteiger partial charge in [0.05, 0.1) is 6.04 Å². The van der Waals surface area contributed by atoms with Crippen LogP contribution in [-0.2, 0) is 12.8 Å². The lowest BCUT2D eigenvalue weighted by Crippen LogP contribution is -2.36. The van der Waals surface area contributed by atoms with Gasteiger partial charge in [-0.1, -0.05) is 18.2 Å². The molecule has 1 N–H and O–H groups in total. The van der Waals surface area contributed by atoms with E-state index in [0.29, 0.717) is 12.4 Å². The van der Waals surface area contributed by atoms with Gasteiger partial charge in [-0.25, -0.2) is 4.39 Å². The van der Waals surface area contributed by atoms with Crippen molar-refractivity contribution in [2.75, 3.05) is 49.2 Å². The topological polar surface area (TPSA) is 35.9 Å². The number of thioether (sulfide) groups is 1. The molecule has 1 saturated heterocycles. The number of phenols is 1. The molecule has 0 spiro atoms. The lowest BCUT2D eigenvalue weighted by Gasteiger charge is -2.39. The van der Waals surface area contributed by atoms with Crippen LogP contribution < -0.4 is 9.64 Å². The van der Waals surface area contributed by atoms with E-state index in [0.717, 1.165) is 50.5 Å². The number of ether oxygens (including phenoxy) is 1. The largest absolute Gasteiger partial charge is 0.508 e. The average Bonchev–Trinajstić information content (AvgIpc) is 2.86.